The Balaban J connectivity index is 2.45. The van der Waals surface area contributed by atoms with Crippen LogP contribution in [0.1, 0.15) is 29.7 Å². The van der Waals surface area contributed by atoms with Crippen LogP contribution in [0.2, 0.25) is 0 Å². The van der Waals surface area contributed by atoms with Crippen molar-refractivity contribution in [3.63, 3.8) is 0 Å². The Bertz CT molecular complexity index is 628. The molecular weight excluding hydrogens is 272 g/mol. The fourth-order valence-electron chi connectivity index (χ4n) is 2.43. The van der Waals surface area contributed by atoms with Crippen LogP contribution in [0, 0.1) is 18.6 Å². The summed E-state index contributed by atoms with van der Waals surface area (Å²) < 4.78 is 32.4. The number of ether oxygens (including phenoxy) is 1. The zero-order valence-corrected chi connectivity index (χ0v) is 12.4. The minimum Gasteiger partial charge on any atom is -0.496 e. The van der Waals surface area contributed by atoms with E-state index in [1.807, 2.05) is 32.0 Å². The standard InChI is InChI=1S/C17H19F2NO/c1-4-20-17(14-7-6-13(18)10-15(14)19)12-5-8-16(21-3)11(2)9-12/h5-10,17,20H,4H2,1-3H3. The highest BCUT2D eigenvalue weighted by atomic mass is 19.1. The summed E-state index contributed by atoms with van der Waals surface area (Å²) in [6.07, 6.45) is 0. The lowest BCUT2D eigenvalue weighted by molar-refractivity contribution is 0.411. The van der Waals surface area contributed by atoms with Crippen LogP contribution < -0.4 is 10.1 Å². The predicted molar refractivity (Wildman–Crippen MR) is 79.6 cm³/mol. The number of hydrogen-bond donors (Lipinski definition) is 1. The van der Waals surface area contributed by atoms with Crippen molar-refractivity contribution >= 4 is 0 Å². The second kappa shape index (κ2) is 6.68. The van der Waals surface area contributed by atoms with Crippen molar-refractivity contribution in [2.75, 3.05) is 13.7 Å². The molecular formula is C17H19F2NO. The summed E-state index contributed by atoms with van der Waals surface area (Å²) in [7, 11) is 1.61. The molecule has 21 heavy (non-hydrogen) atoms. The molecule has 0 amide bonds. The summed E-state index contributed by atoms with van der Waals surface area (Å²) in [5.74, 6) is -0.333. The SMILES string of the molecule is CCNC(c1ccc(OC)c(C)c1)c1ccc(F)cc1F. The van der Waals surface area contributed by atoms with Crippen LogP contribution in [0.15, 0.2) is 36.4 Å². The van der Waals surface area contributed by atoms with Crippen molar-refractivity contribution in [1.29, 1.82) is 0 Å². The van der Waals surface area contributed by atoms with Gasteiger partial charge >= 0.3 is 0 Å². The molecule has 0 fully saturated rings. The molecule has 0 spiro atoms. The van der Waals surface area contributed by atoms with Gasteiger partial charge in [0.25, 0.3) is 0 Å². The van der Waals surface area contributed by atoms with Crippen LogP contribution in [0.4, 0.5) is 8.78 Å². The molecule has 0 saturated carbocycles. The number of hydrogen-bond acceptors (Lipinski definition) is 2. The van der Waals surface area contributed by atoms with E-state index in [-0.39, 0.29) is 6.04 Å². The van der Waals surface area contributed by atoms with E-state index < -0.39 is 11.6 Å². The molecule has 0 aliphatic rings. The second-order valence-electron chi connectivity index (χ2n) is 4.89. The van der Waals surface area contributed by atoms with Crippen LogP contribution in [0.5, 0.6) is 5.75 Å². The van der Waals surface area contributed by atoms with Crippen molar-refractivity contribution in [1.82, 2.24) is 5.32 Å². The summed E-state index contributed by atoms with van der Waals surface area (Å²) in [6.45, 7) is 4.56. The fraction of sp³-hybridized carbons (Fsp3) is 0.294. The van der Waals surface area contributed by atoms with Crippen LogP contribution in [0.3, 0.4) is 0 Å². The van der Waals surface area contributed by atoms with Crippen molar-refractivity contribution in [2.45, 2.75) is 19.9 Å². The van der Waals surface area contributed by atoms with E-state index in [4.69, 9.17) is 4.74 Å². The fourth-order valence-corrected chi connectivity index (χ4v) is 2.43. The molecule has 2 aromatic rings. The molecule has 0 saturated heterocycles. The smallest absolute Gasteiger partial charge is 0.131 e. The van der Waals surface area contributed by atoms with Gasteiger partial charge in [-0.3, -0.25) is 0 Å². The zero-order chi connectivity index (χ0) is 15.4. The molecule has 0 aliphatic heterocycles. The maximum absolute atomic E-state index is 14.1. The first-order valence-electron chi connectivity index (χ1n) is 6.89. The highest BCUT2D eigenvalue weighted by Crippen LogP contribution is 2.28. The first-order valence-corrected chi connectivity index (χ1v) is 6.89. The molecule has 0 radical (unpaired) electrons. The maximum atomic E-state index is 14.1. The average Bonchev–Trinajstić information content (AvgIpc) is 2.45. The van der Waals surface area contributed by atoms with Crippen LogP contribution in [-0.4, -0.2) is 13.7 Å². The normalized spacial score (nSPS) is 12.2. The molecule has 0 aromatic heterocycles. The number of halogens is 2. The Labute approximate surface area is 123 Å². The highest BCUT2D eigenvalue weighted by molar-refractivity contribution is 5.41. The van der Waals surface area contributed by atoms with Gasteiger partial charge < -0.3 is 10.1 Å². The van der Waals surface area contributed by atoms with Crippen LogP contribution in [0.25, 0.3) is 0 Å². The number of aryl methyl sites for hydroxylation is 1. The van der Waals surface area contributed by atoms with E-state index in [2.05, 4.69) is 5.32 Å². The van der Waals surface area contributed by atoms with Gasteiger partial charge in [0.2, 0.25) is 0 Å². The molecule has 0 bridgehead atoms. The first kappa shape index (κ1) is 15.4. The minimum absolute atomic E-state index is 0.319. The van der Waals surface area contributed by atoms with Crippen molar-refractivity contribution in [2.24, 2.45) is 0 Å². The van der Waals surface area contributed by atoms with Crippen molar-refractivity contribution in [3.8, 4) is 5.75 Å². The summed E-state index contributed by atoms with van der Waals surface area (Å²) in [4.78, 5) is 0. The van der Waals surface area contributed by atoms with E-state index in [1.54, 1.807) is 7.11 Å². The third-order valence-corrected chi connectivity index (χ3v) is 3.43. The Morgan fingerprint density at radius 1 is 1.14 bits per heavy atom. The lowest BCUT2D eigenvalue weighted by Gasteiger charge is -2.20. The van der Waals surface area contributed by atoms with E-state index in [0.29, 0.717) is 12.1 Å². The van der Waals surface area contributed by atoms with Gasteiger partial charge in [0.1, 0.15) is 17.4 Å². The van der Waals surface area contributed by atoms with Gasteiger partial charge in [-0.2, -0.15) is 0 Å². The average molecular weight is 291 g/mol. The number of nitrogens with one attached hydrogen (secondary N) is 1. The Hall–Kier alpha value is -1.94. The lowest BCUT2D eigenvalue weighted by atomic mass is 9.96. The van der Waals surface area contributed by atoms with Crippen LogP contribution >= 0.6 is 0 Å². The molecule has 2 nitrogen and oxygen atoms in total. The number of methoxy groups -OCH3 is 1. The number of rotatable bonds is 5. The topological polar surface area (TPSA) is 21.3 Å². The summed E-state index contributed by atoms with van der Waals surface area (Å²) in [5, 5.41) is 3.24. The predicted octanol–water partition coefficient (Wildman–Crippen LogP) is 3.98. The third-order valence-electron chi connectivity index (χ3n) is 3.43. The Morgan fingerprint density at radius 2 is 1.90 bits per heavy atom. The summed E-state index contributed by atoms with van der Waals surface area (Å²) in [6, 6.07) is 9.06. The molecule has 0 heterocycles. The van der Waals surface area contributed by atoms with Crippen molar-refractivity contribution in [3.05, 3.63) is 64.7 Å². The third kappa shape index (κ3) is 3.39. The largest absolute Gasteiger partial charge is 0.496 e. The van der Waals surface area contributed by atoms with E-state index in [9.17, 15) is 8.78 Å². The Morgan fingerprint density at radius 3 is 2.48 bits per heavy atom. The highest BCUT2D eigenvalue weighted by Gasteiger charge is 2.18. The number of benzene rings is 2. The van der Waals surface area contributed by atoms with Gasteiger partial charge in [-0.1, -0.05) is 25.1 Å². The van der Waals surface area contributed by atoms with Gasteiger partial charge in [-0.15, -0.1) is 0 Å². The van der Waals surface area contributed by atoms with Crippen LogP contribution in [-0.2, 0) is 0 Å². The summed E-state index contributed by atoms with van der Waals surface area (Å²) in [5.41, 5.74) is 2.32. The molecule has 2 rings (SSSR count). The molecule has 1 atom stereocenters. The second-order valence-corrected chi connectivity index (χ2v) is 4.89. The van der Waals surface area contributed by atoms with E-state index >= 15 is 0 Å². The minimum atomic E-state index is -0.572. The van der Waals surface area contributed by atoms with Gasteiger partial charge in [0, 0.05) is 11.6 Å². The quantitative estimate of drug-likeness (QED) is 0.899. The lowest BCUT2D eigenvalue weighted by Crippen LogP contribution is -2.23. The molecule has 2 aromatic carbocycles. The van der Waals surface area contributed by atoms with Gasteiger partial charge in [-0.25, -0.2) is 8.78 Å². The molecule has 1 N–H and O–H groups in total. The zero-order valence-electron chi connectivity index (χ0n) is 12.4. The monoisotopic (exact) mass is 291 g/mol. The Kier molecular flexibility index (Phi) is 4.91. The molecule has 0 aliphatic carbocycles. The molecule has 1 unspecified atom stereocenters. The molecule has 4 heteroatoms. The molecule has 112 valence electrons. The van der Waals surface area contributed by atoms with Crippen molar-refractivity contribution < 1.29 is 13.5 Å². The van der Waals surface area contributed by atoms with E-state index in [1.165, 1.54) is 12.1 Å². The van der Waals surface area contributed by atoms with E-state index in [0.717, 1.165) is 22.9 Å². The summed E-state index contributed by atoms with van der Waals surface area (Å²) >= 11 is 0. The van der Waals surface area contributed by atoms with Gasteiger partial charge in [0.05, 0.1) is 13.2 Å². The maximum Gasteiger partial charge on any atom is 0.131 e. The first-order chi connectivity index (χ1) is 10.1. The van der Waals surface area contributed by atoms with Gasteiger partial charge in [0.15, 0.2) is 0 Å². The van der Waals surface area contributed by atoms with Gasteiger partial charge in [-0.05, 0) is 36.7 Å².